The van der Waals surface area contributed by atoms with Crippen LogP contribution in [0, 0.1) is 0 Å². The minimum Gasteiger partial charge on any atom is -0.342 e. The third-order valence-corrected chi connectivity index (χ3v) is 5.39. The van der Waals surface area contributed by atoms with Gasteiger partial charge in [-0.3, -0.25) is 0 Å². The second-order valence-electron chi connectivity index (χ2n) is 5.93. The Balaban J connectivity index is 1.51. The highest BCUT2D eigenvalue weighted by molar-refractivity contribution is 7.13. The molecule has 1 aliphatic heterocycles. The number of aryl methyl sites for hydroxylation is 1. The van der Waals surface area contributed by atoms with Gasteiger partial charge in [-0.2, -0.15) is 0 Å². The molecule has 1 N–H and O–H groups in total. The second kappa shape index (κ2) is 5.77. The van der Waals surface area contributed by atoms with E-state index in [1.54, 1.807) is 11.3 Å². The molecule has 2 aliphatic rings. The van der Waals surface area contributed by atoms with Gasteiger partial charge in [0.2, 0.25) is 0 Å². The third-order valence-electron chi connectivity index (χ3n) is 4.55. The lowest BCUT2D eigenvalue weighted by Crippen LogP contribution is -2.35. The molecular formula is C15H21N5S. The quantitative estimate of drug-likeness (QED) is 0.942. The smallest absolute Gasteiger partial charge is 0.185 e. The Hall–Kier alpha value is -1.40. The third kappa shape index (κ3) is 2.70. The van der Waals surface area contributed by atoms with Crippen molar-refractivity contribution in [1.82, 2.24) is 19.9 Å². The van der Waals surface area contributed by atoms with Crippen molar-refractivity contribution in [2.75, 3.05) is 11.4 Å². The molecule has 21 heavy (non-hydrogen) atoms. The van der Waals surface area contributed by atoms with E-state index in [1.165, 1.54) is 30.7 Å². The standard InChI is InChI=1S/C15H21N5S/c1-3-12(4-1)17-9-13-14-10-19(15-16-5-8-21-15)6-2-7-20(14)11-18-13/h5,8,11-12,17H,1-4,6-7,9-10H2. The summed E-state index contributed by atoms with van der Waals surface area (Å²) in [5.74, 6) is 0. The molecular weight excluding hydrogens is 282 g/mol. The summed E-state index contributed by atoms with van der Waals surface area (Å²) < 4.78 is 2.32. The summed E-state index contributed by atoms with van der Waals surface area (Å²) in [6.45, 7) is 3.96. The molecule has 0 saturated heterocycles. The number of thiazole rings is 1. The summed E-state index contributed by atoms with van der Waals surface area (Å²) in [6.07, 6.45) is 9.07. The SMILES string of the molecule is c1csc(N2CCCn3cnc(CNC4CCC4)c3C2)n1. The van der Waals surface area contributed by atoms with E-state index in [0.29, 0.717) is 6.04 Å². The molecule has 112 valence electrons. The summed E-state index contributed by atoms with van der Waals surface area (Å²) in [5.41, 5.74) is 2.57. The van der Waals surface area contributed by atoms with E-state index in [1.807, 2.05) is 12.5 Å². The number of hydrogen-bond donors (Lipinski definition) is 1. The van der Waals surface area contributed by atoms with E-state index >= 15 is 0 Å². The molecule has 0 radical (unpaired) electrons. The van der Waals surface area contributed by atoms with Gasteiger partial charge in [0.25, 0.3) is 0 Å². The highest BCUT2D eigenvalue weighted by atomic mass is 32.1. The molecule has 1 fully saturated rings. The Morgan fingerprint density at radius 3 is 2.95 bits per heavy atom. The number of fused-ring (bicyclic) bond motifs is 1. The number of nitrogens with one attached hydrogen (secondary N) is 1. The monoisotopic (exact) mass is 303 g/mol. The Labute approximate surface area is 129 Å². The van der Waals surface area contributed by atoms with Crippen molar-refractivity contribution in [3.05, 3.63) is 29.3 Å². The summed E-state index contributed by atoms with van der Waals surface area (Å²) in [7, 11) is 0. The van der Waals surface area contributed by atoms with Crippen LogP contribution in [0.1, 0.15) is 37.1 Å². The number of imidazole rings is 1. The van der Waals surface area contributed by atoms with Crippen molar-refractivity contribution >= 4 is 16.5 Å². The van der Waals surface area contributed by atoms with Crippen LogP contribution in [0.2, 0.25) is 0 Å². The van der Waals surface area contributed by atoms with Crippen molar-refractivity contribution < 1.29 is 0 Å². The van der Waals surface area contributed by atoms with Gasteiger partial charge in [-0.1, -0.05) is 6.42 Å². The number of rotatable bonds is 4. The fourth-order valence-corrected chi connectivity index (χ4v) is 3.72. The van der Waals surface area contributed by atoms with Crippen LogP contribution >= 0.6 is 11.3 Å². The van der Waals surface area contributed by atoms with Crippen LogP contribution in [0.5, 0.6) is 0 Å². The molecule has 5 nitrogen and oxygen atoms in total. The van der Waals surface area contributed by atoms with Crippen LogP contribution in [-0.4, -0.2) is 27.1 Å². The molecule has 0 aromatic carbocycles. The first-order valence-corrected chi connectivity index (χ1v) is 8.69. The van der Waals surface area contributed by atoms with Crippen LogP contribution < -0.4 is 10.2 Å². The normalized spacial score (nSPS) is 19.1. The van der Waals surface area contributed by atoms with E-state index < -0.39 is 0 Å². The molecule has 2 aromatic rings. The average Bonchev–Trinajstić information content (AvgIpc) is 3.04. The zero-order chi connectivity index (χ0) is 14.1. The maximum Gasteiger partial charge on any atom is 0.185 e. The number of hydrogen-bond acceptors (Lipinski definition) is 5. The van der Waals surface area contributed by atoms with Gasteiger partial charge < -0.3 is 14.8 Å². The van der Waals surface area contributed by atoms with Gasteiger partial charge in [0.15, 0.2) is 5.13 Å². The minimum atomic E-state index is 0.711. The topological polar surface area (TPSA) is 46.0 Å². The van der Waals surface area contributed by atoms with Gasteiger partial charge in [-0.05, 0) is 19.3 Å². The first-order chi connectivity index (χ1) is 10.4. The van der Waals surface area contributed by atoms with Gasteiger partial charge in [-0.15, -0.1) is 11.3 Å². The molecule has 2 aromatic heterocycles. The summed E-state index contributed by atoms with van der Waals surface area (Å²) in [5, 5.41) is 6.81. The van der Waals surface area contributed by atoms with Gasteiger partial charge in [0, 0.05) is 37.3 Å². The Morgan fingerprint density at radius 1 is 1.24 bits per heavy atom. The molecule has 0 unspecified atom stereocenters. The summed E-state index contributed by atoms with van der Waals surface area (Å²) in [4.78, 5) is 11.5. The molecule has 1 saturated carbocycles. The van der Waals surface area contributed by atoms with Crippen LogP contribution in [0.25, 0.3) is 0 Å². The highest BCUT2D eigenvalue weighted by Gasteiger charge is 2.22. The Morgan fingerprint density at radius 2 is 2.19 bits per heavy atom. The van der Waals surface area contributed by atoms with Gasteiger partial charge in [0.1, 0.15) is 0 Å². The van der Waals surface area contributed by atoms with Gasteiger partial charge in [0.05, 0.1) is 24.3 Å². The largest absolute Gasteiger partial charge is 0.342 e. The lowest BCUT2D eigenvalue weighted by atomic mass is 9.93. The van der Waals surface area contributed by atoms with E-state index in [4.69, 9.17) is 0 Å². The van der Waals surface area contributed by atoms with E-state index in [0.717, 1.165) is 37.7 Å². The van der Waals surface area contributed by atoms with Crippen molar-refractivity contribution in [2.45, 2.75) is 51.4 Å². The number of anilines is 1. The highest BCUT2D eigenvalue weighted by Crippen LogP contribution is 2.24. The average molecular weight is 303 g/mol. The molecule has 4 rings (SSSR count). The molecule has 0 atom stereocenters. The molecule has 0 bridgehead atoms. The zero-order valence-corrected chi connectivity index (χ0v) is 13.0. The minimum absolute atomic E-state index is 0.711. The number of nitrogens with zero attached hydrogens (tertiary/aromatic N) is 4. The molecule has 0 spiro atoms. The molecule has 6 heteroatoms. The van der Waals surface area contributed by atoms with Gasteiger partial charge >= 0.3 is 0 Å². The van der Waals surface area contributed by atoms with Crippen molar-refractivity contribution in [2.24, 2.45) is 0 Å². The van der Waals surface area contributed by atoms with Crippen molar-refractivity contribution in [3.63, 3.8) is 0 Å². The second-order valence-corrected chi connectivity index (χ2v) is 6.80. The van der Waals surface area contributed by atoms with Gasteiger partial charge in [-0.25, -0.2) is 9.97 Å². The molecule has 0 amide bonds. The maximum absolute atomic E-state index is 4.64. The first kappa shape index (κ1) is 13.3. The van der Waals surface area contributed by atoms with Crippen LogP contribution in [0.15, 0.2) is 17.9 Å². The van der Waals surface area contributed by atoms with E-state index in [9.17, 15) is 0 Å². The zero-order valence-electron chi connectivity index (χ0n) is 12.2. The maximum atomic E-state index is 4.64. The van der Waals surface area contributed by atoms with Crippen LogP contribution in [0.3, 0.4) is 0 Å². The first-order valence-electron chi connectivity index (χ1n) is 7.81. The van der Waals surface area contributed by atoms with Crippen molar-refractivity contribution in [3.8, 4) is 0 Å². The fourth-order valence-electron chi connectivity index (χ4n) is 3.05. The fraction of sp³-hybridized carbons (Fsp3) is 0.600. The van der Waals surface area contributed by atoms with Crippen LogP contribution in [0.4, 0.5) is 5.13 Å². The van der Waals surface area contributed by atoms with E-state index in [-0.39, 0.29) is 0 Å². The molecule has 1 aliphatic carbocycles. The summed E-state index contributed by atoms with van der Waals surface area (Å²) >= 11 is 1.72. The Kier molecular flexibility index (Phi) is 3.65. The lowest BCUT2D eigenvalue weighted by molar-refractivity contribution is 0.336. The van der Waals surface area contributed by atoms with Crippen LogP contribution in [-0.2, 0) is 19.6 Å². The Bertz CT molecular complexity index is 587. The van der Waals surface area contributed by atoms with E-state index in [2.05, 4.69) is 30.1 Å². The van der Waals surface area contributed by atoms with Crippen molar-refractivity contribution in [1.29, 1.82) is 0 Å². The lowest BCUT2D eigenvalue weighted by Gasteiger charge is -2.26. The summed E-state index contributed by atoms with van der Waals surface area (Å²) in [6, 6.07) is 0.711. The predicted octanol–water partition coefficient (Wildman–Crippen LogP) is 2.39. The molecule has 3 heterocycles. The number of aromatic nitrogens is 3. The predicted molar refractivity (Wildman–Crippen MR) is 84.5 cm³/mol.